The molecule has 54 heavy (non-hydrogen) atoms. The zero-order chi connectivity index (χ0) is 39.7. The van der Waals surface area contributed by atoms with Gasteiger partial charge in [0.1, 0.15) is 48.8 Å². The van der Waals surface area contributed by atoms with Crippen LogP contribution in [0.5, 0.6) is 0 Å². The molecule has 1 saturated carbocycles. The molecule has 21 N–H and O–H groups in total. The van der Waals surface area contributed by atoms with E-state index in [1.807, 2.05) is 6.08 Å². The first-order chi connectivity index (χ1) is 25.7. The molecule has 0 aromatic carbocycles. The molecule has 0 aromatic rings. The fourth-order valence-electron chi connectivity index (χ4n) is 6.92. The highest BCUT2D eigenvalue weighted by atomic mass is 16.7. The molecule has 1 aliphatic carbocycles. The van der Waals surface area contributed by atoms with Gasteiger partial charge in [0.15, 0.2) is 24.8 Å². The van der Waals surface area contributed by atoms with E-state index in [1.54, 1.807) is 13.0 Å². The largest absolute Gasteiger partial charge is 0.394 e. The lowest BCUT2D eigenvalue weighted by atomic mass is 9.83. The number of carbonyl (C=O) groups excluding carboxylic acids is 1. The lowest BCUT2D eigenvalue weighted by Crippen LogP contribution is -2.67. The highest BCUT2D eigenvalue weighted by Gasteiger charge is 2.53. The van der Waals surface area contributed by atoms with Crippen molar-refractivity contribution in [1.82, 2.24) is 10.6 Å². The van der Waals surface area contributed by atoms with Crippen molar-refractivity contribution in [2.45, 2.75) is 130 Å². The molecule has 2 saturated heterocycles. The third-order valence-electron chi connectivity index (χ3n) is 10.1. The average molecular weight is 779 g/mol. The minimum atomic E-state index is -1.51. The maximum absolute atomic E-state index is 13.0. The van der Waals surface area contributed by atoms with E-state index in [0.29, 0.717) is 19.6 Å². The molecule has 312 valence electrons. The van der Waals surface area contributed by atoms with Crippen molar-refractivity contribution in [2.75, 3.05) is 39.3 Å². The third-order valence-corrected chi connectivity index (χ3v) is 10.1. The Labute approximate surface area is 314 Å². The molecule has 4 aliphatic rings. The van der Waals surface area contributed by atoms with E-state index in [1.165, 1.54) is 0 Å². The number of hydrogen-bond acceptors (Lipinski definition) is 19. The van der Waals surface area contributed by atoms with Gasteiger partial charge in [-0.25, -0.2) is 0 Å². The number of hydrogen-bond donors (Lipinski definition) is 14. The molecule has 18 atom stereocenters. The van der Waals surface area contributed by atoms with Gasteiger partial charge in [0.2, 0.25) is 5.91 Å². The molecule has 0 aromatic heterocycles. The second kappa shape index (κ2) is 20.8. The first-order valence-corrected chi connectivity index (χ1v) is 18.4. The molecule has 0 spiro atoms. The number of aliphatic imine (C=N–C) groups is 1. The number of nitrogens with zero attached hydrogens (tertiary/aromatic N) is 1. The number of rotatable bonds is 18. The molecule has 22 heteroatoms. The smallest absolute Gasteiger partial charge is 0.249 e. The van der Waals surface area contributed by atoms with Crippen molar-refractivity contribution in [3.63, 3.8) is 0 Å². The van der Waals surface area contributed by atoms with Crippen molar-refractivity contribution in [3.05, 3.63) is 12.2 Å². The van der Waals surface area contributed by atoms with Crippen molar-refractivity contribution < 1.29 is 58.7 Å². The van der Waals surface area contributed by atoms with Crippen molar-refractivity contribution >= 4 is 11.9 Å². The van der Waals surface area contributed by atoms with Crippen molar-refractivity contribution in [1.29, 1.82) is 0 Å². The van der Waals surface area contributed by atoms with Crippen LogP contribution in [0.1, 0.15) is 26.2 Å². The standard InChI is InChI=1S/C32H62N10O12/c1-13-25(52-31-21(37)24(47)23(46)19(10-34)50-31)20(12-43)51-29(13)54-27-22(45)17(42-28(48)18(44)5-8-41-32(38)39)9-16(36)26(27)53-30-15(35)4-3-14(49-30)11-40-7-2-6-33/h3-4,13-27,29-31,40,43-47H,2,5-12,33-37H2,1H3,(H,42,48)(H4,38,39,41)/t13-,14+,15-,16+,17-,18?,19+,20-,21-,22+,23-,24-,25+,26-,27-,29+,30-,31-/m1/s1. The highest BCUT2D eigenvalue weighted by molar-refractivity contribution is 5.81. The molecule has 3 heterocycles. The van der Waals surface area contributed by atoms with Gasteiger partial charge >= 0.3 is 0 Å². The van der Waals surface area contributed by atoms with Gasteiger partial charge in [0, 0.05) is 38.0 Å². The zero-order valence-corrected chi connectivity index (χ0v) is 30.5. The van der Waals surface area contributed by atoms with Crippen LogP contribution < -0.4 is 50.8 Å². The normalized spacial score (nSPS) is 41.7. The summed E-state index contributed by atoms with van der Waals surface area (Å²) >= 11 is 0. The summed E-state index contributed by atoms with van der Waals surface area (Å²) in [6.45, 7) is 2.71. The molecule has 0 bridgehead atoms. The molecule has 22 nitrogen and oxygen atoms in total. The van der Waals surface area contributed by atoms with E-state index in [-0.39, 0.29) is 31.9 Å². The van der Waals surface area contributed by atoms with E-state index in [4.69, 9.17) is 68.6 Å². The summed E-state index contributed by atoms with van der Waals surface area (Å²) in [5.41, 5.74) is 41.2. The Balaban J connectivity index is 1.53. The summed E-state index contributed by atoms with van der Waals surface area (Å²) in [4.78, 5) is 16.8. The molecular formula is C32H62N10O12. The number of guanidine groups is 1. The molecule has 4 rings (SSSR count). The Bertz CT molecular complexity index is 1220. The van der Waals surface area contributed by atoms with Crippen LogP contribution in [0.4, 0.5) is 0 Å². The van der Waals surface area contributed by atoms with E-state index in [2.05, 4.69) is 15.6 Å². The molecule has 0 radical (unpaired) electrons. The van der Waals surface area contributed by atoms with Gasteiger partial charge in [-0.3, -0.25) is 9.79 Å². The quantitative estimate of drug-likeness (QED) is 0.0266. The fourth-order valence-corrected chi connectivity index (χ4v) is 6.92. The predicted molar refractivity (Wildman–Crippen MR) is 191 cm³/mol. The topological polar surface area (TPSA) is 392 Å². The lowest BCUT2D eigenvalue weighted by molar-refractivity contribution is -0.277. The number of ether oxygens (including phenoxy) is 6. The second-order valence-electron chi connectivity index (χ2n) is 14.2. The molecule has 3 aliphatic heterocycles. The summed E-state index contributed by atoms with van der Waals surface area (Å²) < 4.78 is 36.9. The van der Waals surface area contributed by atoms with Gasteiger partial charge in [-0.1, -0.05) is 19.1 Å². The van der Waals surface area contributed by atoms with Gasteiger partial charge in [-0.05, 0) is 25.9 Å². The fraction of sp³-hybridized carbons (Fsp3) is 0.875. The van der Waals surface area contributed by atoms with Gasteiger partial charge in [0.05, 0.1) is 36.9 Å². The summed E-state index contributed by atoms with van der Waals surface area (Å²) in [5, 5.41) is 59.3. The predicted octanol–water partition coefficient (Wildman–Crippen LogP) is -7.62. The van der Waals surface area contributed by atoms with Crippen molar-refractivity contribution in [2.24, 2.45) is 51.0 Å². The summed E-state index contributed by atoms with van der Waals surface area (Å²) in [5.74, 6) is -1.66. The number of amides is 1. The number of nitrogens with two attached hydrogens (primary N) is 7. The number of carbonyl (C=O) groups is 1. The Morgan fingerprint density at radius 1 is 0.926 bits per heavy atom. The maximum atomic E-state index is 13.0. The monoisotopic (exact) mass is 778 g/mol. The highest BCUT2D eigenvalue weighted by Crippen LogP contribution is 2.37. The Kier molecular flexibility index (Phi) is 17.2. The van der Waals surface area contributed by atoms with Crippen LogP contribution in [-0.4, -0.2) is 181 Å². The zero-order valence-electron chi connectivity index (χ0n) is 30.5. The van der Waals surface area contributed by atoms with Crippen LogP contribution in [0.2, 0.25) is 0 Å². The van der Waals surface area contributed by atoms with Crippen LogP contribution >= 0.6 is 0 Å². The van der Waals surface area contributed by atoms with Crippen LogP contribution in [0.3, 0.4) is 0 Å². The SMILES string of the molecule is C[C@H]1[C@H](O[C@@H]2[C@@H](O)[C@H](NC(=O)C(O)CCN=C(N)N)C[C@H](N)[C@H]2O[C@H]2O[C@H](CNCCCN)C=C[C@H]2N)O[C@H](CO)[C@H]1O[C@H]1O[C@@H](CN)[C@@H](O)[C@H](O)[C@H]1N. The van der Waals surface area contributed by atoms with Gasteiger partial charge < -0.3 is 105 Å². The minimum absolute atomic E-state index is 0.000598. The maximum Gasteiger partial charge on any atom is 0.249 e. The average Bonchev–Trinajstić information content (AvgIpc) is 3.44. The number of aliphatic hydroxyl groups excluding tert-OH is 5. The lowest BCUT2D eigenvalue weighted by Gasteiger charge is -2.46. The van der Waals surface area contributed by atoms with Crippen LogP contribution in [0.15, 0.2) is 17.1 Å². The minimum Gasteiger partial charge on any atom is -0.394 e. The Morgan fingerprint density at radius 3 is 2.28 bits per heavy atom. The van der Waals surface area contributed by atoms with Crippen molar-refractivity contribution in [3.8, 4) is 0 Å². The molecule has 1 amide bonds. The number of nitrogens with one attached hydrogen (secondary N) is 2. The third kappa shape index (κ3) is 11.2. The van der Waals surface area contributed by atoms with Crippen LogP contribution in [0, 0.1) is 5.92 Å². The molecular weight excluding hydrogens is 716 g/mol. The van der Waals surface area contributed by atoms with E-state index < -0.39 is 123 Å². The van der Waals surface area contributed by atoms with E-state index in [0.717, 1.165) is 6.42 Å². The first-order valence-electron chi connectivity index (χ1n) is 18.4. The summed E-state index contributed by atoms with van der Waals surface area (Å²) in [6, 6.07) is -3.78. The Morgan fingerprint density at radius 2 is 1.61 bits per heavy atom. The molecule has 1 unspecified atom stereocenters. The Hall–Kier alpha value is -2.20. The van der Waals surface area contributed by atoms with E-state index >= 15 is 0 Å². The van der Waals surface area contributed by atoms with Gasteiger partial charge in [-0.2, -0.15) is 0 Å². The summed E-state index contributed by atoms with van der Waals surface area (Å²) in [6.07, 6.45) is -10.6. The molecule has 3 fully saturated rings. The van der Waals surface area contributed by atoms with Crippen LogP contribution in [-0.2, 0) is 33.2 Å². The van der Waals surface area contributed by atoms with Crippen LogP contribution in [0.25, 0.3) is 0 Å². The number of aliphatic hydroxyl groups is 5. The second-order valence-corrected chi connectivity index (χ2v) is 14.2. The summed E-state index contributed by atoms with van der Waals surface area (Å²) in [7, 11) is 0. The van der Waals surface area contributed by atoms with Gasteiger partial charge in [0.25, 0.3) is 0 Å². The van der Waals surface area contributed by atoms with Gasteiger partial charge in [-0.15, -0.1) is 0 Å². The first kappa shape index (κ1) is 44.5. The van der Waals surface area contributed by atoms with E-state index in [9.17, 15) is 30.3 Å².